The van der Waals surface area contributed by atoms with Gasteiger partial charge < -0.3 is 19.9 Å². The lowest BCUT2D eigenvalue weighted by molar-refractivity contribution is -0.150. The van der Waals surface area contributed by atoms with Crippen LogP contribution in [0.2, 0.25) is 0 Å². The highest BCUT2D eigenvalue weighted by atomic mass is 32.1. The average molecular weight is 483 g/mol. The maximum absolute atomic E-state index is 12.9. The van der Waals surface area contributed by atoms with Crippen molar-refractivity contribution in [3.05, 3.63) is 70.2 Å². The van der Waals surface area contributed by atoms with Gasteiger partial charge in [0, 0.05) is 29.0 Å². The molecule has 3 aromatic rings. The molecule has 0 bridgehead atoms. The summed E-state index contributed by atoms with van der Waals surface area (Å²) in [5.41, 5.74) is 2.90. The number of thiazole rings is 1. The van der Waals surface area contributed by atoms with Gasteiger partial charge in [-0.05, 0) is 24.5 Å². The van der Waals surface area contributed by atoms with Gasteiger partial charge in [-0.2, -0.15) is 0 Å². The molecular formula is C26H30N2O5S. The molecule has 0 saturated carbocycles. The van der Waals surface area contributed by atoms with Crippen molar-refractivity contribution in [1.82, 2.24) is 10.3 Å². The van der Waals surface area contributed by atoms with E-state index >= 15 is 0 Å². The fourth-order valence-corrected chi connectivity index (χ4v) is 4.32. The van der Waals surface area contributed by atoms with Crippen LogP contribution < -0.4 is 10.1 Å². The van der Waals surface area contributed by atoms with Gasteiger partial charge in [0.25, 0.3) is 5.91 Å². The number of nitrogens with one attached hydrogen (secondary N) is 1. The summed E-state index contributed by atoms with van der Waals surface area (Å²) in [6.45, 7) is 6.41. The molecule has 1 heterocycles. The Bertz CT molecular complexity index is 1130. The number of aromatic nitrogens is 1. The summed E-state index contributed by atoms with van der Waals surface area (Å²) < 4.78 is 11.0. The topological polar surface area (TPSA) is 97.8 Å². The van der Waals surface area contributed by atoms with Crippen LogP contribution in [0.1, 0.15) is 40.3 Å². The first-order valence-electron chi connectivity index (χ1n) is 11.1. The number of amides is 1. The summed E-state index contributed by atoms with van der Waals surface area (Å²) in [5, 5.41) is 13.2. The predicted octanol–water partition coefficient (Wildman–Crippen LogP) is 4.73. The van der Waals surface area contributed by atoms with E-state index in [1.54, 1.807) is 13.2 Å². The zero-order chi connectivity index (χ0) is 24.7. The van der Waals surface area contributed by atoms with E-state index in [9.17, 15) is 14.7 Å². The van der Waals surface area contributed by atoms with Gasteiger partial charge in [0.1, 0.15) is 16.5 Å². The number of nitrogens with zero attached hydrogens (tertiary/aromatic N) is 1. The first-order valence-corrected chi connectivity index (χ1v) is 11.9. The molecule has 2 N–H and O–H groups in total. The number of aliphatic carboxylic acids is 1. The molecule has 0 saturated heterocycles. The molecule has 0 aliphatic carbocycles. The highest BCUT2D eigenvalue weighted by molar-refractivity contribution is 7.15. The number of carbonyl (C=O) groups excluding carboxylic acids is 1. The number of hydrogen-bond acceptors (Lipinski definition) is 6. The van der Waals surface area contributed by atoms with Crippen molar-refractivity contribution in [3.8, 4) is 16.3 Å². The van der Waals surface area contributed by atoms with Crippen LogP contribution in [0.15, 0.2) is 48.5 Å². The molecule has 1 aromatic heterocycles. The highest BCUT2D eigenvalue weighted by Crippen LogP contribution is 2.28. The number of hydrogen-bond donors (Lipinski definition) is 2. The van der Waals surface area contributed by atoms with Crippen LogP contribution in [0.25, 0.3) is 10.6 Å². The number of carboxylic acids is 1. The molecule has 7 nitrogen and oxygen atoms in total. The second-order valence-electron chi connectivity index (χ2n) is 8.38. The normalized spacial score (nSPS) is 11.9. The van der Waals surface area contributed by atoms with Crippen LogP contribution in [0.5, 0.6) is 5.75 Å². The summed E-state index contributed by atoms with van der Waals surface area (Å²) in [4.78, 5) is 29.9. The van der Waals surface area contributed by atoms with E-state index in [1.165, 1.54) is 11.3 Å². The zero-order valence-electron chi connectivity index (χ0n) is 19.8. The van der Waals surface area contributed by atoms with Crippen molar-refractivity contribution in [2.75, 3.05) is 13.7 Å². The number of carbonyl (C=O) groups is 2. The van der Waals surface area contributed by atoms with Gasteiger partial charge in [-0.15, -0.1) is 11.3 Å². The van der Waals surface area contributed by atoms with Crippen molar-refractivity contribution in [3.63, 3.8) is 0 Å². The molecule has 0 aliphatic heterocycles. The van der Waals surface area contributed by atoms with Crippen molar-refractivity contribution < 1.29 is 24.2 Å². The minimum atomic E-state index is -1.00. The lowest BCUT2D eigenvalue weighted by atomic mass is 10.0. The van der Waals surface area contributed by atoms with E-state index in [-0.39, 0.29) is 24.8 Å². The summed E-state index contributed by atoms with van der Waals surface area (Å²) in [6.07, 6.45) is -0.717. The van der Waals surface area contributed by atoms with Crippen LogP contribution in [-0.4, -0.2) is 41.8 Å². The fourth-order valence-electron chi connectivity index (χ4n) is 3.41. The molecule has 1 atom stereocenters. The number of carboxylic acid groups (broad SMARTS) is 1. The Balaban J connectivity index is 1.72. The van der Waals surface area contributed by atoms with E-state index in [0.717, 1.165) is 26.6 Å². The smallest absolute Gasteiger partial charge is 0.333 e. The zero-order valence-corrected chi connectivity index (χ0v) is 20.6. The van der Waals surface area contributed by atoms with Crippen LogP contribution in [-0.2, 0) is 22.5 Å². The molecule has 34 heavy (non-hydrogen) atoms. The lowest BCUT2D eigenvalue weighted by Crippen LogP contribution is -2.28. The molecule has 1 unspecified atom stereocenters. The van der Waals surface area contributed by atoms with Crippen LogP contribution in [0.4, 0.5) is 0 Å². The van der Waals surface area contributed by atoms with Crippen molar-refractivity contribution in [1.29, 1.82) is 0 Å². The highest BCUT2D eigenvalue weighted by Gasteiger charge is 2.21. The third-order valence-electron chi connectivity index (χ3n) is 5.14. The average Bonchev–Trinajstić information content (AvgIpc) is 3.22. The maximum Gasteiger partial charge on any atom is 0.333 e. The second kappa shape index (κ2) is 11.8. The number of rotatable bonds is 11. The largest absolute Gasteiger partial charge is 0.496 e. The standard InChI is InChI=1S/C26H30N2O5S/c1-16(2)15-33-22(26(30)31)13-18-10-11-21(32-4)20(12-18)14-27-24(29)23-17(3)34-25(28-23)19-8-6-5-7-9-19/h5-12,16,22H,13-15H2,1-4H3,(H,27,29)(H,30,31). The van der Waals surface area contributed by atoms with Crippen molar-refractivity contribution in [2.45, 2.75) is 39.8 Å². The molecule has 0 aliphatic rings. The van der Waals surface area contributed by atoms with Gasteiger partial charge in [-0.3, -0.25) is 4.79 Å². The van der Waals surface area contributed by atoms with Crippen LogP contribution in [0, 0.1) is 12.8 Å². The molecule has 3 rings (SSSR count). The van der Waals surface area contributed by atoms with E-state index in [4.69, 9.17) is 9.47 Å². The Morgan fingerprint density at radius 3 is 2.53 bits per heavy atom. The Hall–Kier alpha value is -3.23. The third kappa shape index (κ3) is 6.65. The number of methoxy groups -OCH3 is 1. The third-order valence-corrected chi connectivity index (χ3v) is 6.16. The van der Waals surface area contributed by atoms with Gasteiger partial charge in [-0.25, -0.2) is 9.78 Å². The first kappa shape index (κ1) is 25.4. The fraction of sp³-hybridized carbons (Fsp3) is 0.346. The Kier molecular flexibility index (Phi) is 8.79. The van der Waals surface area contributed by atoms with Gasteiger partial charge in [-0.1, -0.05) is 56.3 Å². The predicted molar refractivity (Wildman–Crippen MR) is 132 cm³/mol. The Morgan fingerprint density at radius 2 is 1.88 bits per heavy atom. The van der Waals surface area contributed by atoms with Gasteiger partial charge in [0.05, 0.1) is 13.7 Å². The number of benzene rings is 2. The summed E-state index contributed by atoms with van der Waals surface area (Å²) in [7, 11) is 1.56. The van der Waals surface area contributed by atoms with Gasteiger partial charge >= 0.3 is 5.97 Å². The minimum Gasteiger partial charge on any atom is -0.496 e. The summed E-state index contributed by atoms with van der Waals surface area (Å²) >= 11 is 1.48. The lowest BCUT2D eigenvalue weighted by Gasteiger charge is -2.17. The quantitative estimate of drug-likeness (QED) is 0.410. The molecule has 0 radical (unpaired) electrons. The molecule has 2 aromatic carbocycles. The van der Waals surface area contributed by atoms with E-state index in [0.29, 0.717) is 18.1 Å². The van der Waals surface area contributed by atoms with E-state index < -0.39 is 12.1 Å². The molecule has 0 fully saturated rings. The van der Waals surface area contributed by atoms with Gasteiger partial charge in [0.2, 0.25) is 0 Å². The first-order chi connectivity index (χ1) is 16.3. The molecular weight excluding hydrogens is 452 g/mol. The van der Waals surface area contributed by atoms with Crippen LogP contribution >= 0.6 is 11.3 Å². The van der Waals surface area contributed by atoms with E-state index in [1.807, 2.05) is 63.2 Å². The monoisotopic (exact) mass is 482 g/mol. The molecule has 0 spiro atoms. The van der Waals surface area contributed by atoms with Crippen LogP contribution in [0.3, 0.4) is 0 Å². The van der Waals surface area contributed by atoms with Crippen molar-refractivity contribution >= 4 is 23.2 Å². The number of ether oxygens (including phenoxy) is 2. The summed E-state index contributed by atoms with van der Waals surface area (Å²) in [6, 6.07) is 15.2. The SMILES string of the molecule is COc1ccc(CC(OCC(C)C)C(=O)O)cc1CNC(=O)c1nc(-c2ccccc2)sc1C. The van der Waals surface area contributed by atoms with E-state index in [2.05, 4.69) is 10.3 Å². The molecule has 1 amide bonds. The van der Waals surface area contributed by atoms with Crippen molar-refractivity contribution in [2.24, 2.45) is 5.92 Å². The molecule has 8 heteroatoms. The summed E-state index contributed by atoms with van der Waals surface area (Å²) in [5.74, 6) is -0.425. The number of aryl methyl sites for hydroxylation is 1. The van der Waals surface area contributed by atoms with Gasteiger partial charge in [0.15, 0.2) is 6.10 Å². The maximum atomic E-state index is 12.9. The minimum absolute atomic E-state index is 0.220. The Labute approximate surface area is 203 Å². The molecule has 180 valence electrons. The Morgan fingerprint density at radius 1 is 1.15 bits per heavy atom. The second-order valence-corrected chi connectivity index (χ2v) is 9.58.